The van der Waals surface area contributed by atoms with Crippen LogP contribution in [0.5, 0.6) is 0 Å². The van der Waals surface area contributed by atoms with Crippen molar-refractivity contribution in [2.45, 2.75) is 51.1 Å². The van der Waals surface area contributed by atoms with Crippen LogP contribution in [0.1, 0.15) is 44.1 Å². The van der Waals surface area contributed by atoms with Gasteiger partial charge < -0.3 is 10.6 Å². The molecule has 3 heteroatoms. The molecule has 0 heterocycles. The summed E-state index contributed by atoms with van der Waals surface area (Å²) in [5, 5.41) is 6.45. The van der Waals surface area contributed by atoms with Crippen molar-refractivity contribution in [2.75, 3.05) is 6.54 Å². The lowest BCUT2D eigenvalue weighted by atomic mass is 9.95. The van der Waals surface area contributed by atoms with E-state index in [1.165, 1.54) is 32.1 Å². The molecule has 0 saturated heterocycles. The van der Waals surface area contributed by atoms with Crippen molar-refractivity contribution < 1.29 is 4.79 Å². The highest BCUT2D eigenvalue weighted by Crippen LogP contribution is 2.17. The fourth-order valence-electron chi connectivity index (χ4n) is 2.58. The fraction of sp³-hybridized carbons (Fsp3) is 0.562. The summed E-state index contributed by atoms with van der Waals surface area (Å²) in [5.74, 6) is 0.132. The topological polar surface area (TPSA) is 41.1 Å². The van der Waals surface area contributed by atoms with Gasteiger partial charge in [-0.15, -0.1) is 0 Å². The minimum absolute atomic E-state index is 0.132. The van der Waals surface area contributed by atoms with Crippen LogP contribution < -0.4 is 10.6 Å². The SMILES string of the molecule is O=C(CCNC1CCCCC1)NCc1ccccc1. The van der Waals surface area contributed by atoms with E-state index in [2.05, 4.69) is 10.6 Å². The number of nitrogens with one attached hydrogen (secondary N) is 2. The Morgan fingerprint density at radius 1 is 1.11 bits per heavy atom. The monoisotopic (exact) mass is 260 g/mol. The van der Waals surface area contributed by atoms with E-state index in [0.29, 0.717) is 19.0 Å². The predicted molar refractivity (Wildman–Crippen MR) is 77.8 cm³/mol. The van der Waals surface area contributed by atoms with Gasteiger partial charge in [-0.05, 0) is 18.4 Å². The molecule has 0 aromatic heterocycles. The van der Waals surface area contributed by atoms with Crippen LogP contribution in [-0.2, 0) is 11.3 Å². The zero-order valence-electron chi connectivity index (χ0n) is 11.5. The number of hydrogen-bond donors (Lipinski definition) is 2. The number of carbonyl (C=O) groups is 1. The first-order valence-corrected chi connectivity index (χ1v) is 7.38. The van der Waals surface area contributed by atoms with E-state index in [0.717, 1.165) is 12.1 Å². The number of benzene rings is 1. The molecule has 1 aromatic rings. The summed E-state index contributed by atoms with van der Waals surface area (Å²) in [5.41, 5.74) is 1.15. The number of hydrogen-bond acceptors (Lipinski definition) is 2. The average Bonchev–Trinajstić information content (AvgIpc) is 2.47. The molecule has 0 radical (unpaired) electrons. The minimum Gasteiger partial charge on any atom is -0.352 e. The van der Waals surface area contributed by atoms with Gasteiger partial charge in [0.1, 0.15) is 0 Å². The van der Waals surface area contributed by atoms with Crippen LogP contribution in [-0.4, -0.2) is 18.5 Å². The molecule has 1 saturated carbocycles. The fourth-order valence-corrected chi connectivity index (χ4v) is 2.58. The average molecular weight is 260 g/mol. The quantitative estimate of drug-likeness (QED) is 0.825. The van der Waals surface area contributed by atoms with Crippen molar-refractivity contribution in [1.29, 1.82) is 0 Å². The van der Waals surface area contributed by atoms with Gasteiger partial charge in [-0.25, -0.2) is 0 Å². The molecule has 2 N–H and O–H groups in total. The molecule has 19 heavy (non-hydrogen) atoms. The summed E-state index contributed by atoms with van der Waals surface area (Å²) in [6.07, 6.45) is 7.14. The molecule has 1 fully saturated rings. The Balaban J connectivity index is 1.57. The van der Waals surface area contributed by atoms with Gasteiger partial charge in [-0.1, -0.05) is 49.6 Å². The lowest BCUT2D eigenvalue weighted by Gasteiger charge is -2.22. The first kappa shape index (κ1) is 14.1. The van der Waals surface area contributed by atoms with Crippen LogP contribution in [0.3, 0.4) is 0 Å². The molecule has 0 aliphatic heterocycles. The van der Waals surface area contributed by atoms with E-state index < -0.39 is 0 Å². The Morgan fingerprint density at radius 2 is 1.84 bits per heavy atom. The molecule has 0 bridgehead atoms. The summed E-state index contributed by atoms with van der Waals surface area (Å²) in [6.45, 7) is 1.42. The number of carbonyl (C=O) groups excluding carboxylic acids is 1. The summed E-state index contributed by atoms with van der Waals surface area (Å²) < 4.78 is 0. The Morgan fingerprint density at radius 3 is 2.58 bits per heavy atom. The molecule has 2 rings (SSSR count). The van der Waals surface area contributed by atoms with E-state index in [-0.39, 0.29) is 5.91 Å². The van der Waals surface area contributed by atoms with Crippen LogP contribution >= 0.6 is 0 Å². The molecule has 104 valence electrons. The third-order valence-electron chi connectivity index (χ3n) is 3.72. The van der Waals surface area contributed by atoms with Crippen LogP contribution in [0.4, 0.5) is 0 Å². The van der Waals surface area contributed by atoms with Gasteiger partial charge in [0, 0.05) is 25.6 Å². The molecule has 1 aromatic carbocycles. The second-order valence-corrected chi connectivity index (χ2v) is 5.30. The van der Waals surface area contributed by atoms with Crippen molar-refractivity contribution >= 4 is 5.91 Å². The van der Waals surface area contributed by atoms with Gasteiger partial charge in [-0.2, -0.15) is 0 Å². The van der Waals surface area contributed by atoms with Gasteiger partial charge in [0.15, 0.2) is 0 Å². The minimum atomic E-state index is 0.132. The van der Waals surface area contributed by atoms with E-state index in [4.69, 9.17) is 0 Å². The molecule has 1 aliphatic rings. The van der Waals surface area contributed by atoms with Crippen molar-refractivity contribution in [3.63, 3.8) is 0 Å². The Hall–Kier alpha value is -1.35. The highest BCUT2D eigenvalue weighted by Gasteiger charge is 2.12. The first-order chi connectivity index (χ1) is 9.34. The predicted octanol–water partition coefficient (Wildman–Crippen LogP) is 2.62. The lowest BCUT2D eigenvalue weighted by molar-refractivity contribution is -0.121. The van der Waals surface area contributed by atoms with Crippen molar-refractivity contribution in [3.8, 4) is 0 Å². The molecular formula is C16H24N2O. The Kier molecular flexibility index (Phi) is 5.89. The van der Waals surface area contributed by atoms with Crippen LogP contribution in [0.25, 0.3) is 0 Å². The number of rotatable bonds is 6. The maximum Gasteiger partial charge on any atom is 0.221 e. The molecule has 1 aliphatic carbocycles. The molecular weight excluding hydrogens is 236 g/mol. The van der Waals surface area contributed by atoms with Crippen LogP contribution in [0.15, 0.2) is 30.3 Å². The van der Waals surface area contributed by atoms with E-state index in [1.54, 1.807) is 0 Å². The molecule has 0 spiro atoms. The van der Waals surface area contributed by atoms with Crippen LogP contribution in [0.2, 0.25) is 0 Å². The lowest BCUT2D eigenvalue weighted by Crippen LogP contribution is -2.34. The smallest absolute Gasteiger partial charge is 0.221 e. The van der Waals surface area contributed by atoms with Gasteiger partial charge in [-0.3, -0.25) is 4.79 Å². The summed E-state index contributed by atoms with van der Waals surface area (Å²) in [7, 11) is 0. The second-order valence-electron chi connectivity index (χ2n) is 5.30. The molecule has 0 atom stereocenters. The van der Waals surface area contributed by atoms with Crippen LogP contribution in [0, 0.1) is 0 Å². The van der Waals surface area contributed by atoms with Gasteiger partial charge >= 0.3 is 0 Å². The number of amides is 1. The maximum absolute atomic E-state index is 11.7. The Bertz CT molecular complexity index is 372. The summed E-state index contributed by atoms with van der Waals surface area (Å²) in [4.78, 5) is 11.7. The zero-order chi connectivity index (χ0) is 13.3. The van der Waals surface area contributed by atoms with Crippen molar-refractivity contribution in [2.24, 2.45) is 0 Å². The van der Waals surface area contributed by atoms with E-state index in [1.807, 2.05) is 30.3 Å². The molecule has 3 nitrogen and oxygen atoms in total. The molecule has 0 unspecified atom stereocenters. The normalized spacial score (nSPS) is 16.2. The third kappa shape index (κ3) is 5.43. The van der Waals surface area contributed by atoms with Crippen molar-refractivity contribution in [3.05, 3.63) is 35.9 Å². The zero-order valence-corrected chi connectivity index (χ0v) is 11.5. The van der Waals surface area contributed by atoms with Crippen molar-refractivity contribution in [1.82, 2.24) is 10.6 Å². The highest BCUT2D eigenvalue weighted by atomic mass is 16.1. The largest absolute Gasteiger partial charge is 0.352 e. The van der Waals surface area contributed by atoms with E-state index in [9.17, 15) is 4.79 Å². The molecule has 1 amide bonds. The Labute approximate surface area is 115 Å². The third-order valence-corrected chi connectivity index (χ3v) is 3.72. The van der Waals surface area contributed by atoms with E-state index >= 15 is 0 Å². The van der Waals surface area contributed by atoms with Gasteiger partial charge in [0.25, 0.3) is 0 Å². The first-order valence-electron chi connectivity index (χ1n) is 7.38. The highest BCUT2D eigenvalue weighted by molar-refractivity contribution is 5.76. The maximum atomic E-state index is 11.7. The van der Waals surface area contributed by atoms with Gasteiger partial charge in [0.2, 0.25) is 5.91 Å². The second kappa shape index (κ2) is 7.95. The standard InChI is InChI=1S/C16H24N2O/c19-16(18-13-14-7-3-1-4-8-14)11-12-17-15-9-5-2-6-10-15/h1,3-4,7-8,15,17H,2,5-6,9-13H2,(H,18,19). The summed E-state index contributed by atoms with van der Waals surface area (Å²) >= 11 is 0. The summed E-state index contributed by atoms with van der Waals surface area (Å²) in [6, 6.07) is 10.7. The van der Waals surface area contributed by atoms with Gasteiger partial charge in [0.05, 0.1) is 0 Å².